The van der Waals surface area contributed by atoms with Crippen LogP contribution in [0.2, 0.25) is 0 Å². The molecule has 3 fully saturated rings. The SMILES string of the molecule is Cc1cc(Nc2ccc(-c3cc[nH]c(=O)c3)n3ccnc23)ccc1N1CCN(C(C)C)CC1.Cc1ccc(-c2ccc(Cc3ccc(N4CCOCC4)cc3)c3nccn23)cc1.Cc1cccc(-c2ccc(Cc3ccc(N4CCOCC4)cc3)c3nccn23)c1. The minimum atomic E-state index is -0.121. The van der Waals surface area contributed by atoms with E-state index >= 15 is 0 Å². The molecule has 3 aliphatic heterocycles. The van der Waals surface area contributed by atoms with Crippen LogP contribution in [0, 0.1) is 20.8 Å². The van der Waals surface area contributed by atoms with Gasteiger partial charge < -0.3 is 34.5 Å². The van der Waals surface area contributed by atoms with Crippen molar-refractivity contribution >= 4 is 45.4 Å². The normalized spacial score (nSPS) is 14.6. The van der Waals surface area contributed by atoms with Crippen LogP contribution in [0.4, 0.5) is 28.4 Å². The van der Waals surface area contributed by atoms with Gasteiger partial charge in [0.2, 0.25) is 5.56 Å². The Morgan fingerprint density at radius 3 is 1.55 bits per heavy atom. The Hall–Kier alpha value is -9.80. The number of benzene rings is 5. The highest BCUT2D eigenvalue weighted by molar-refractivity contribution is 5.79. The van der Waals surface area contributed by atoms with Crippen LogP contribution in [0.25, 0.3) is 50.7 Å². The monoisotopic (exact) mass is 1210 g/mol. The predicted octanol–water partition coefficient (Wildman–Crippen LogP) is 13.7. The summed E-state index contributed by atoms with van der Waals surface area (Å²) in [5.41, 5.74) is 24.0. The van der Waals surface area contributed by atoms with Crippen molar-refractivity contribution in [2.45, 2.75) is 53.5 Å². The highest BCUT2D eigenvalue weighted by Crippen LogP contribution is 2.32. The Labute approximate surface area is 532 Å². The van der Waals surface area contributed by atoms with E-state index in [1.807, 2.05) is 41.2 Å². The fourth-order valence-electron chi connectivity index (χ4n) is 12.8. The molecule has 5 aromatic carbocycles. The van der Waals surface area contributed by atoms with Gasteiger partial charge in [0.05, 0.1) is 49.2 Å². The summed E-state index contributed by atoms with van der Waals surface area (Å²) in [5.74, 6) is 0. The van der Waals surface area contributed by atoms with Crippen LogP contribution >= 0.6 is 0 Å². The van der Waals surface area contributed by atoms with Crippen molar-refractivity contribution in [1.29, 1.82) is 0 Å². The zero-order valence-corrected chi connectivity index (χ0v) is 52.8. The van der Waals surface area contributed by atoms with E-state index in [1.54, 1.807) is 18.5 Å². The molecule has 91 heavy (non-hydrogen) atoms. The maximum atomic E-state index is 11.8. The average Bonchev–Trinajstić information content (AvgIpc) is 2.06. The fraction of sp³-hybridized carbons (Fsp3) is 0.263. The molecular weight excluding hydrogens is 1130 g/mol. The Kier molecular flexibility index (Phi) is 18.2. The zero-order valence-electron chi connectivity index (χ0n) is 52.8. The molecule has 15 heteroatoms. The van der Waals surface area contributed by atoms with E-state index in [1.165, 1.54) is 78.5 Å². The number of aryl methyl sites for hydroxylation is 3. The highest BCUT2D eigenvalue weighted by Gasteiger charge is 2.21. The maximum absolute atomic E-state index is 11.8. The largest absolute Gasteiger partial charge is 0.378 e. The summed E-state index contributed by atoms with van der Waals surface area (Å²) in [6.45, 7) is 22.4. The number of H-pyrrole nitrogens is 1. The first-order valence-corrected chi connectivity index (χ1v) is 31.9. The van der Waals surface area contributed by atoms with E-state index in [4.69, 9.17) is 9.47 Å². The van der Waals surface area contributed by atoms with E-state index in [2.05, 4.69) is 240 Å². The number of fused-ring (bicyclic) bond motifs is 3. The van der Waals surface area contributed by atoms with Crippen LogP contribution in [-0.4, -0.2) is 123 Å². The number of hydrogen-bond acceptors (Lipinski definition) is 11. The molecule has 0 saturated carbocycles. The van der Waals surface area contributed by atoms with Crippen LogP contribution in [-0.2, 0) is 22.3 Å². The number of nitrogens with zero attached hydrogens (tertiary/aromatic N) is 10. The van der Waals surface area contributed by atoms with E-state index in [0.29, 0.717) is 6.04 Å². The highest BCUT2D eigenvalue weighted by atomic mass is 16.5. The van der Waals surface area contributed by atoms with Gasteiger partial charge in [-0.1, -0.05) is 90.0 Å². The maximum Gasteiger partial charge on any atom is 0.248 e. The lowest BCUT2D eigenvalue weighted by atomic mass is 10.0. The lowest BCUT2D eigenvalue weighted by molar-refractivity contribution is 0.122. The second-order valence-corrected chi connectivity index (χ2v) is 24.3. The number of aromatic nitrogens is 7. The Morgan fingerprint density at radius 1 is 0.484 bits per heavy atom. The molecule has 15 nitrogen and oxygen atoms in total. The lowest BCUT2D eigenvalue weighted by Crippen LogP contribution is -2.49. The summed E-state index contributed by atoms with van der Waals surface area (Å²) in [7, 11) is 0. The van der Waals surface area contributed by atoms with Crippen molar-refractivity contribution in [3.05, 3.63) is 256 Å². The van der Waals surface area contributed by atoms with Gasteiger partial charge in [-0.25, -0.2) is 15.0 Å². The quantitative estimate of drug-likeness (QED) is 0.114. The molecule has 7 aromatic heterocycles. The molecular formula is C76H80N12O3. The van der Waals surface area contributed by atoms with Crippen LogP contribution in [0.3, 0.4) is 0 Å². The van der Waals surface area contributed by atoms with Gasteiger partial charge in [-0.2, -0.15) is 0 Å². The Morgan fingerprint density at radius 2 is 1.01 bits per heavy atom. The zero-order chi connectivity index (χ0) is 62.2. The standard InChI is InChI=1S/C26H30N6O.2C25H25N3O/c1-18(2)30-12-14-31(15-13-30)23-6-4-21(16-19(23)3)29-22-5-7-24(32-11-10-28-26(22)32)20-8-9-27-25(33)17-20;1-19-2-6-21(7-3-19)24-11-8-22(25-26-12-13-28(24)25)18-20-4-9-23(10-5-20)27-14-16-29-17-15-27;1-19-3-2-4-21(17-19)24-10-7-22(25-26-11-12-28(24)25)18-20-5-8-23(9-6-20)27-13-15-29-16-14-27/h4-11,16-18,29H,12-15H2,1-3H3,(H,27,33);2-13H,14-18H2,1H3;2-12,17H,13-16,18H2,1H3. The number of pyridine rings is 4. The van der Waals surface area contributed by atoms with Crippen LogP contribution in [0.15, 0.2) is 212 Å². The third kappa shape index (κ3) is 13.8. The minimum absolute atomic E-state index is 0.121. The van der Waals surface area contributed by atoms with Gasteiger partial charge >= 0.3 is 0 Å². The van der Waals surface area contributed by atoms with Gasteiger partial charge in [0.25, 0.3) is 0 Å². The third-order valence-corrected chi connectivity index (χ3v) is 17.8. The molecule has 0 spiro atoms. The Bertz CT molecular complexity index is 4470. The lowest BCUT2D eigenvalue weighted by Gasteiger charge is -2.38. The first kappa shape index (κ1) is 60.1. The number of anilines is 5. The number of hydrogen-bond donors (Lipinski definition) is 2. The molecule has 2 N–H and O–H groups in total. The molecule has 15 rings (SSSR count). The second kappa shape index (κ2) is 27.5. The molecule has 0 bridgehead atoms. The van der Waals surface area contributed by atoms with Gasteiger partial charge in [0.1, 0.15) is 11.3 Å². The van der Waals surface area contributed by atoms with Crippen LogP contribution in [0.5, 0.6) is 0 Å². The smallest absolute Gasteiger partial charge is 0.248 e. The second-order valence-electron chi connectivity index (χ2n) is 24.3. The number of ether oxygens (including phenoxy) is 2. The van der Waals surface area contributed by atoms with Gasteiger partial charge in [-0.15, -0.1) is 0 Å². The van der Waals surface area contributed by atoms with Crippen molar-refractivity contribution in [3.8, 4) is 33.8 Å². The van der Waals surface area contributed by atoms with Crippen molar-refractivity contribution in [1.82, 2.24) is 38.0 Å². The van der Waals surface area contributed by atoms with E-state index in [9.17, 15) is 4.79 Å². The predicted molar refractivity (Wildman–Crippen MR) is 370 cm³/mol. The van der Waals surface area contributed by atoms with E-state index in [0.717, 1.165) is 131 Å². The molecule has 462 valence electrons. The Balaban J connectivity index is 0.000000125. The molecule has 0 radical (unpaired) electrons. The summed E-state index contributed by atoms with van der Waals surface area (Å²) >= 11 is 0. The summed E-state index contributed by atoms with van der Waals surface area (Å²) in [5, 5.41) is 3.54. The van der Waals surface area contributed by atoms with Crippen LogP contribution < -0.4 is 25.6 Å². The first-order chi connectivity index (χ1) is 44.5. The van der Waals surface area contributed by atoms with Gasteiger partial charge in [0, 0.05) is 149 Å². The number of aromatic amines is 1. The minimum Gasteiger partial charge on any atom is -0.378 e. The number of piperazine rings is 1. The number of imidazole rings is 3. The van der Waals surface area contributed by atoms with Gasteiger partial charge in [-0.3, -0.25) is 22.9 Å². The van der Waals surface area contributed by atoms with Crippen molar-refractivity contribution < 1.29 is 9.47 Å². The number of nitrogens with one attached hydrogen (secondary N) is 2. The topological polar surface area (TPSA) is 128 Å². The first-order valence-electron chi connectivity index (χ1n) is 31.9. The molecule has 10 heterocycles. The summed E-state index contributed by atoms with van der Waals surface area (Å²) in [4.78, 5) is 38.1. The molecule has 0 unspecified atom stereocenters. The molecule has 0 aliphatic carbocycles. The number of rotatable bonds is 13. The molecule has 12 aromatic rings. The summed E-state index contributed by atoms with van der Waals surface area (Å²) in [6, 6.07) is 58.7. The van der Waals surface area contributed by atoms with Crippen LogP contribution in [0.1, 0.15) is 52.8 Å². The fourth-order valence-corrected chi connectivity index (χ4v) is 12.8. The number of morpholine rings is 2. The van der Waals surface area contributed by atoms with E-state index in [-0.39, 0.29) is 5.56 Å². The van der Waals surface area contributed by atoms with E-state index < -0.39 is 0 Å². The molecule has 0 atom stereocenters. The average molecular weight is 1210 g/mol. The molecule has 3 aliphatic rings. The van der Waals surface area contributed by atoms with Crippen molar-refractivity contribution in [3.63, 3.8) is 0 Å². The van der Waals surface area contributed by atoms with Crippen molar-refractivity contribution in [2.24, 2.45) is 0 Å². The van der Waals surface area contributed by atoms with Gasteiger partial charge in [0.15, 0.2) is 5.65 Å². The molecule has 3 saturated heterocycles. The molecule has 0 amide bonds. The van der Waals surface area contributed by atoms with Crippen molar-refractivity contribution in [2.75, 3.05) is 98.8 Å². The van der Waals surface area contributed by atoms with Gasteiger partial charge in [-0.05, 0) is 152 Å². The third-order valence-electron chi connectivity index (χ3n) is 17.8. The summed E-state index contributed by atoms with van der Waals surface area (Å²) < 4.78 is 17.3. The summed E-state index contributed by atoms with van der Waals surface area (Å²) in [6.07, 6.45) is 15.0.